The van der Waals surface area contributed by atoms with E-state index >= 15 is 0 Å². The number of hydrogen-bond acceptors (Lipinski definition) is 4. The van der Waals surface area contributed by atoms with Crippen LogP contribution in [0.25, 0.3) is 0 Å². The van der Waals surface area contributed by atoms with Crippen LogP contribution in [0.4, 0.5) is 5.69 Å². The Kier molecular flexibility index (Phi) is 4.68. The zero-order chi connectivity index (χ0) is 16.4. The number of nitrogens with zero attached hydrogens (tertiary/aromatic N) is 3. The molecule has 0 aliphatic carbocycles. The zero-order valence-corrected chi connectivity index (χ0v) is 13.8. The van der Waals surface area contributed by atoms with E-state index in [9.17, 15) is 9.90 Å². The van der Waals surface area contributed by atoms with Crippen molar-refractivity contribution in [2.45, 2.75) is 26.0 Å². The number of hydrogen-bond donors (Lipinski definition) is 1. The van der Waals surface area contributed by atoms with Crippen molar-refractivity contribution >= 4 is 17.3 Å². The molecular weight excluding hydrogens is 314 g/mol. The van der Waals surface area contributed by atoms with E-state index in [0.29, 0.717) is 18.8 Å². The fourth-order valence-corrected chi connectivity index (χ4v) is 3.08. The summed E-state index contributed by atoms with van der Waals surface area (Å²) >= 11 is 6.29. The lowest BCUT2D eigenvalue weighted by Gasteiger charge is -2.35. The summed E-state index contributed by atoms with van der Waals surface area (Å²) in [4.78, 5) is 14.4. The number of aliphatic hydroxyl groups is 1. The maximum Gasteiger partial charge on any atom is 0.287 e. The van der Waals surface area contributed by atoms with Gasteiger partial charge in [-0.15, -0.1) is 0 Å². The van der Waals surface area contributed by atoms with E-state index < -0.39 is 6.10 Å². The van der Waals surface area contributed by atoms with Gasteiger partial charge in [-0.25, -0.2) is 4.68 Å². The topological polar surface area (TPSA) is 58.4 Å². The number of halogens is 1. The Morgan fingerprint density at radius 3 is 2.78 bits per heavy atom. The van der Waals surface area contributed by atoms with Gasteiger partial charge in [0.25, 0.3) is 5.56 Å². The average Bonchev–Trinajstić information content (AvgIpc) is 2.56. The van der Waals surface area contributed by atoms with Crippen LogP contribution >= 0.6 is 11.6 Å². The maximum absolute atomic E-state index is 12.5. The standard InChI is InChI=1S/C17H20ClN3O2/c1-12-7-8-20(11-15(12)22)14-9-19-21(17(23)16(14)18)10-13-5-3-2-4-6-13/h2-6,9,12,15,22H,7-8,10-11H2,1H3. The van der Waals surface area contributed by atoms with Crippen molar-refractivity contribution in [1.29, 1.82) is 0 Å². The molecule has 122 valence electrons. The van der Waals surface area contributed by atoms with Gasteiger partial charge in [0.2, 0.25) is 0 Å². The zero-order valence-electron chi connectivity index (χ0n) is 13.0. The van der Waals surface area contributed by atoms with Crippen LogP contribution < -0.4 is 10.5 Å². The summed E-state index contributed by atoms with van der Waals surface area (Å²) in [5.74, 6) is 0.261. The summed E-state index contributed by atoms with van der Waals surface area (Å²) in [6.45, 7) is 3.66. The second-order valence-electron chi connectivity index (χ2n) is 6.07. The lowest BCUT2D eigenvalue weighted by molar-refractivity contribution is 0.103. The Labute approximate surface area is 140 Å². The third-order valence-corrected chi connectivity index (χ3v) is 4.76. The molecule has 0 spiro atoms. The lowest BCUT2D eigenvalue weighted by atomic mass is 9.96. The first-order chi connectivity index (χ1) is 11.1. The molecule has 6 heteroatoms. The second-order valence-corrected chi connectivity index (χ2v) is 6.45. The van der Waals surface area contributed by atoms with E-state index in [-0.39, 0.29) is 16.5 Å². The Balaban J connectivity index is 1.85. The molecule has 1 aliphatic rings. The molecule has 5 nitrogen and oxygen atoms in total. The predicted octanol–water partition coefficient (Wildman–Crippen LogP) is 2.15. The number of rotatable bonds is 3. The lowest BCUT2D eigenvalue weighted by Crippen LogP contribution is -2.43. The SMILES string of the molecule is CC1CCN(c2cnn(Cc3ccccc3)c(=O)c2Cl)CC1O. The van der Waals surface area contributed by atoms with Crippen molar-refractivity contribution in [2.75, 3.05) is 18.0 Å². The Morgan fingerprint density at radius 2 is 2.09 bits per heavy atom. The van der Waals surface area contributed by atoms with Crippen molar-refractivity contribution in [1.82, 2.24) is 9.78 Å². The third kappa shape index (κ3) is 3.41. The Morgan fingerprint density at radius 1 is 1.35 bits per heavy atom. The van der Waals surface area contributed by atoms with Gasteiger partial charge in [-0.2, -0.15) is 5.10 Å². The highest BCUT2D eigenvalue weighted by Gasteiger charge is 2.26. The highest BCUT2D eigenvalue weighted by Crippen LogP contribution is 2.26. The number of aromatic nitrogens is 2. The van der Waals surface area contributed by atoms with Gasteiger partial charge >= 0.3 is 0 Å². The molecule has 1 aliphatic heterocycles. The predicted molar refractivity (Wildman–Crippen MR) is 91.1 cm³/mol. The summed E-state index contributed by atoms with van der Waals surface area (Å²) in [5, 5.41) is 14.4. The van der Waals surface area contributed by atoms with Gasteiger partial charge in [0, 0.05) is 13.1 Å². The molecule has 23 heavy (non-hydrogen) atoms. The molecule has 3 rings (SSSR count). The molecule has 0 radical (unpaired) electrons. The van der Waals surface area contributed by atoms with Gasteiger partial charge in [0.05, 0.1) is 24.5 Å². The molecule has 2 heterocycles. The van der Waals surface area contributed by atoms with Crippen molar-refractivity contribution in [3.63, 3.8) is 0 Å². The number of aliphatic hydroxyl groups excluding tert-OH is 1. The summed E-state index contributed by atoms with van der Waals surface area (Å²) in [6, 6.07) is 9.66. The highest BCUT2D eigenvalue weighted by molar-refractivity contribution is 6.33. The molecule has 2 unspecified atom stereocenters. The van der Waals surface area contributed by atoms with Gasteiger partial charge in [0.1, 0.15) is 5.02 Å². The number of anilines is 1. The summed E-state index contributed by atoms with van der Waals surface area (Å²) < 4.78 is 1.37. The van der Waals surface area contributed by atoms with Gasteiger partial charge in [-0.05, 0) is 17.9 Å². The molecule has 0 saturated carbocycles. The molecule has 1 fully saturated rings. The second kappa shape index (κ2) is 6.72. The smallest absolute Gasteiger partial charge is 0.287 e. The minimum Gasteiger partial charge on any atom is -0.391 e. The molecule has 2 atom stereocenters. The number of benzene rings is 1. The van der Waals surface area contributed by atoms with Crippen LogP contribution in [0, 0.1) is 5.92 Å². The molecule has 0 bridgehead atoms. The van der Waals surface area contributed by atoms with Crippen molar-refractivity contribution in [2.24, 2.45) is 5.92 Å². The third-order valence-electron chi connectivity index (χ3n) is 4.40. The van der Waals surface area contributed by atoms with E-state index in [1.807, 2.05) is 42.2 Å². The normalized spacial score (nSPS) is 21.4. The summed E-state index contributed by atoms with van der Waals surface area (Å²) in [5.41, 5.74) is 1.29. The van der Waals surface area contributed by atoms with E-state index in [4.69, 9.17) is 11.6 Å². The highest BCUT2D eigenvalue weighted by atomic mass is 35.5. The van der Waals surface area contributed by atoms with Crippen LogP contribution in [-0.4, -0.2) is 34.1 Å². The largest absolute Gasteiger partial charge is 0.391 e. The molecule has 1 aromatic carbocycles. The van der Waals surface area contributed by atoms with Gasteiger partial charge < -0.3 is 10.0 Å². The fourth-order valence-electron chi connectivity index (χ4n) is 2.81. The maximum atomic E-state index is 12.5. The minimum atomic E-state index is -0.411. The molecule has 1 N–H and O–H groups in total. The Hall–Kier alpha value is -1.85. The quantitative estimate of drug-likeness (QED) is 0.935. The molecule has 2 aromatic rings. The van der Waals surface area contributed by atoms with Gasteiger partial charge in [0.15, 0.2) is 0 Å². The molecule has 1 saturated heterocycles. The van der Waals surface area contributed by atoms with E-state index in [0.717, 1.165) is 18.5 Å². The summed E-state index contributed by atoms with van der Waals surface area (Å²) in [6.07, 6.45) is 2.08. The van der Waals surface area contributed by atoms with Crippen LogP contribution in [0.1, 0.15) is 18.9 Å². The van der Waals surface area contributed by atoms with Crippen LogP contribution in [0.15, 0.2) is 41.3 Å². The van der Waals surface area contributed by atoms with E-state index in [1.165, 1.54) is 4.68 Å². The summed E-state index contributed by atoms with van der Waals surface area (Å²) in [7, 11) is 0. The van der Waals surface area contributed by atoms with Crippen molar-refractivity contribution in [3.05, 3.63) is 57.5 Å². The van der Waals surface area contributed by atoms with E-state index in [1.54, 1.807) is 6.20 Å². The molecule has 1 aromatic heterocycles. The van der Waals surface area contributed by atoms with Crippen LogP contribution in [0.3, 0.4) is 0 Å². The first kappa shape index (κ1) is 16.0. The number of β-amino-alcohol motifs (C(OH)–C–C–N with tert-alkyl or cyclic N) is 1. The van der Waals surface area contributed by atoms with Crippen molar-refractivity contribution in [3.8, 4) is 0 Å². The van der Waals surface area contributed by atoms with Crippen LogP contribution in [0.5, 0.6) is 0 Å². The molecular formula is C17H20ClN3O2. The fraction of sp³-hybridized carbons (Fsp3) is 0.412. The Bertz CT molecular complexity index is 732. The average molecular weight is 334 g/mol. The first-order valence-electron chi connectivity index (χ1n) is 7.79. The van der Waals surface area contributed by atoms with Gasteiger partial charge in [-0.3, -0.25) is 4.79 Å². The monoisotopic (exact) mass is 333 g/mol. The van der Waals surface area contributed by atoms with Crippen LogP contribution in [-0.2, 0) is 6.54 Å². The van der Waals surface area contributed by atoms with Crippen molar-refractivity contribution < 1.29 is 5.11 Å². The molecule has 0 amide bonds. The van der Waals surface area contributed by atoms with E-state index in [2.05, 4.69) is 5.10 Å². The first-order valence-corrected chi connectivity index (χ1v) is 8.16. The minimum absolute atomic E-state index is 0.165. The number of piperidine rings is 1. The van der Waals surface area contributed by atoms with Crippen LogP contribution in [0.2, 0.25) is 5.02 Å². The van der Waals surface area contributed by atoms with Gasteiger partial charge in [-0.1, -0.05) is 48.9 Å².